The molecule has 1 aromatic heterocycles. The minimum atomic E-state index is -0.0567. The predicted molar refractivity (Wildman–Crippen MR) is 100.0 cm³/mol. The maximum atomic E-state index is 12.7. The molecule has 1 amide bonds. The van der Waals surface area contributed by atoms with Gasteiger partial charge in [0, 0.05) is 25.2 Å². The Hall–Kier alpha value is -1.79. The van der Waals surface area contributed by atoms with Crippen molar-refractivity contribution in [1.29, 1.82) is 0 Å². The van der Waals surface area contributed by atoms with Crippen LogP contribution in [0.3, 0.4) is 0 Å². The number of aromatic amines is 1. The highest BCUT2D eigenvalue weighted by Crippen LogP contribution is 2.29. The van der Waals surface area contributed by atoms with Crippen molar-refractivity contribution in [3.63, 3.8) is 0 Å². The highest BCUT2D eigenvalue weighted by atomic mass is 35.5. The van der Waals surface area contributed by atoms with Crippen molar-refractivity contribution in [2.75, 3.05) is 13.1 Å². The van der Waals surface area contributed by atoms with Crippen LogP contribution < -0.4 is 11.4 Å². The van der Waals surface area contributed by atoms with E-state index >= 15 is 0 Å². The highest BCUT2D eigenvalue weighted by Gasteiger charge is 2.35. The first-order valence-electron chi connectivity index (χ1n) is 8.89. The SMILES string of the molecule is Cl.NC1CCCC1C(=O)N1CCC(n2c(=O)[nH]c3ccccc32)CC1. The van der Waals surface area contributed by atoms with Crippen molar-refractivity contribution in [2.45, 2.75) is 44.2 Å². The highest BCUT2D eigenvalue weighted by molar-refractivity contribution is 5.85. The van der Waals surface area contributed by atoms with E-state index in [4.69, 9.17) is 5.73 Å². The number of imidazole rings is 1. The number of nitrogens with zero attached hydrogens (tertiary/aromatic N) is 2. The summed E-state index contributed by atoms with van der Waals surface area (Å²) < 4.78 is 1.86. The quantitative estimate of drug-likeness (QED) is 0.855. The minimum Gasteiger partial charge on any atom is -0.342 e. The Kier molecular flexibility index (Phi) is 5.20. The third-order valence-corrected chi connectivity index (χ3v) is 5.65. The van der Waals surface area contributed by atoms with Crippen LogP contribution in [0.25, 0.3) is 11.0 Å². The van der Waals surface area contributed by atoms with Crippen molar-refractivity contribution in [3.05, 3.63) is 34.7 Å². The van der Waals surface area contributed by atoms with Crippen LogP contribution in [0.5, 0.6) is 0 Å². The third kappa shape index (κ3) is 3.20. The summed E-state index contributed by atoms with van der Waals surface area (Å²) in [5.41, 5.74) is 7.84. The van der Waals surface area contributed by atoms with Gasteiger partial charge in [-0.3, -0.25) is 9.36 Å². The Morgan fingerprint density at radius 3 is 2.52 bits per heavy atom. The summed E-state index contributed by atoms with van der Waals surface area (Å²) >= 11 is 0. The summed E-state index contributed by atoms with van der Waals surface area (Å²) in [6.45, 7) is 1.41. The van der Waals surface area contributed by atoms with E-state index in [2.05, 4.69) is 4.98 Å². The van der Waals surface area contributed by atoms with Crippen LogP contribution in [0.15, 0.2) is 29.1 Å². The second kappa shape index (κ2) is 7.22. The molecule has 25 heavy (non-hydrogen) atoms. The third-order valence-electron chi connectivity index (χ3n) is 5.65. The molecule has 1 saturated heterocycles. The number of carbonyl (C=O) groups excluding carboxylic acids is 1. The number of fused-ring (bicyclic) bond motifs is 1. The Bertz CT molecular complexity index is 807. The number of benzene rings is 1. The molecule has 2 fully saturated rings. The van der Waals surface area contributed by atoms with E-state index in [1.54, 1.807) is 0 Å². The zero-order valence-electron chi connectivity index (χ0n) is 14.2. The number of halogens is 1. The largest absolute Gasteiger partial charge is 0.342 e. The fourth-order valence-corrected chi connectivity index (χ4v) is 4.31. The van der Waals surface area contributed by atoms with E-state index in [9.17, 15) is 9.59 Å². The molecule has 2 aliphatic rings. The number of likely N-dealkylation sites (tertiary alicyclic amines) is 1. The van der Waals surface area contributed by atoms with Crippen molar-refractivity contribution >= 4 is 29.3 Å². The molecule has 1 saturated carbocycles. The van der Waals surface area contributed by atoms with Gasteiger partial charge in [-0.1, -0.05) is 18.6 Å². The standard InChI is InChI=1S/C18H24N4O2.ClH/c19-14-5-3-4-13(14)17(23)21-10-8-12(9-11-21)22-16-7-2-1-6-15(16)20-18(22)24;/h1-2,6-7,12-14H,3-5,8-11,19H2,(H,20,24);1H. The van der Waals surface area contributed by atoms with Gasteiger partial charge in [-0.25, -0.2) is 4.79 Å². The molecule has 3 N–H and O–H groups in total. The van der Waals surface area contributed by atoms with E-state index in [0.717, 1.165) is 43.1 Å². The number of H-pyrrole nitrogens is 1. The number of hydrogen-bond donors (Lipinski definition) is 2. The fraction of sp³-hybridized carbons (Fsp3) is 0.556. The number of para-hydroxylation sites is 2. The Morgan fingerprint density at radius 2 is 1.84 bits per heavy atom. The monoisotopic (exact) mass is 364 g/mol. The lowest BCUT2D eigenvalue weighted by molar-refractivity contribution is -0.137. The fourth-order valence-electron chi connectivity index (χ4n) is 4.31. The first-order valence-corrected chi connectivity index (χ1v) is 8.89. The summed E-state index contributed by atoms with van der Waals surface area (Å²) in [6.07, 6.45) is 4.56. The molecule has 0 bridgehead atoms. The molecule has 6 nitrogen and oxygen atoms in total. The Balaban J connectivity index is 0.00000182. The summed E-state index contributed by atoms with van der Waals surface area (Å²) in [4.78, 5) is 29.8. The van der Waals surface area contributed by atoms with Gasteiger partial charge in [-0.15, -0.1) is 12.4 Å². The van der Waals surface area contributed by atoms with Gasteiger partial charge in [0.15, 0.2) is 0 Å². The first-order chi connectivity index (χ1) is 11.6. The van der Waals surface area contributed by atoms with Crippen LogP contribution in [0.2, 0.25) is 0 Å². The van der Waals surface area contributed by atoms with Gasteiger partial charge in [0.2, 0.25) is 5.91 Å². The maximum Gasteiger partial charge on any atom is 0.326 e. The van der Waals surface area contributed by atoms with Crippen molar-refractivity contribution in [2.24, 2.45) is 11.7 Å². The van der Waals surface area contributed by atoms with Gasteiger partial charge in [0.25, 0.3) is 0 Å². The molecular formula is C18H25ClN4O2. The average Bonchev–Trinajstić information content (AvgIpc) is 3.16. The van der Waals surface area contributed by atoms with Gasteiger partial charge in [-0.05, 0) is 37.8 Å². The van der Waals surface area contributed by atoms with Crippen LogP contribution in [-0.2, 0) is 4.79 Å². The van der Waals surface area contributed by atoms with E-state index in [1.807, 2.05) is 33.7 Å². The van der Waals surface area contributed by atoms with Crippen LogP contribution in [0, 0.1) is 5.92 Å². The summed E-state index contributed by atoms with van der Waals surface area (Å²) in [7, 11) is 0. The molecule has 1 aliphatic heterocycles. The van der Waals surface area contributed by atoms with Gasteiger partial charge < -0.3 is 15.6 Å². The number of piperidine rings is 1. The number of amides is 1. The van der Waals surface area contributed by atoms with E-state index in [1.165, 1.54) is 0 Å². The lowest BCUT2D eigenvalue weighted by atomic mass is 9.99. The molecule has 2 heterocycles. The smallest absolute Gasteiger partial charge is 0.326 e. The van der Waals surface area contributed by atoms with Crippen LogP contribution in [0.1, 0.15) is 38.1 Å². The van der Waals surface area contributed by atoms with E-state index in [-0.39, 0.29) is 42.0 Å². The van der Waals surface area contributed by atoms with Gasteiger partial charge in [0.05, 0.1) is 17.0 Å². The second-order valence-electron chi connectivity index (χ2n) is 7.08. The molecule has 2 atom stereocenters. The molecular weight excluding hydrogens is 340 g/mol. The maximum absolute atomic E-state index is 12.7. The number of aromatic nitrogens is 2. The summed E-state index contributed by atoms with van der Waals surface area (Å²) in [5.74, 6) is 0.210. The van der Waals surface area contributed by atoms with Crippen molar-refractivity contribution < 1.29 is 4.79 Å². The van der Waals surface area contributed by atoms with E-state index < -0.39 is 0 Å². The van der Waals surface area contributed by atoms with Gasteiger partial charge in [0.1, 0.15) is 0 Å². The minimum absolute atomic E-state index is 0. The lowest BCUT2D eigenvalue weighted by Gasteiger charge is -2.34. The second-order valence-corrected chi connectivity index (χ2v) is 7.08. The molecule has 0 radical (unpaired) electrons. The number of hydrogen-bond acceptors (Lipinski definition) is 3. The molecule has 4 rings (SSSR count). The molecule has 2 aromatic rings. The van der Waals surface area contributed by atoms with Gasteiger partial charge in [-0.2, -0.15) is 0 Å². The summed E-state index contributed by atoms with van der Waals surface area (Å²) in [5, 5.41) is 0. The Labute approximate surface area is 152 Å². The number of nitrogens with one attached hydrogen (secondary N) is 1. The van der Waals surface area contributed by atoms with Crippen molar-refractivity contribution in [3.8, 4) is 0 Å². The van der Waals surface area contributed by atoms with E-state index in [0.29, 0.717) is 13.1 Å². The number of rotatable bonds is 2. The molecule has 2 unspecified atom stereocenters. The first kappa shape index (κ1) is 18.0. The average molecular weight is 365 g/mol. The van der Waals surface area contributed by atoms with Crippen LogP contribution in [-0.4, -0.2) is 39.5 Å². The molecule has 7 heteroatoms. The zero-order valence-corrected chi connectivity index (χ0v) is 15.0. The predicted octanol–water partition coefficient (Wildman–Crippen LogP) is 2.04. The van der Waals surface area contributed by atoms with Crippen LogP contribution >= 0.6 is 12.4 Å². The van der Waals surface area contributed by atoms with Crippen molar-refractivity contribution in [1.82, 2.24) is 14.5 Å². The number of nitrogens with two attached hydrogens (primary N) is 1. The molecule has 136 valence electrons. The normalized spacial score (nSPS) is 24.4. The van der Waals surface area contributed by atoms with Crippen LogP contribution in [0.4, 0.5) is 0 Å². The van der Waals surface area contributed by atoms with Gasteiger partial charge >= 0.3 is 5.69 Å². The zero-order chi connectivity index (χ0) is 16.7. The lowest BCUT2D eigenvalue weighted by Crippen LogP contribution is -2.46. The topological polar surface area (TPSA) is 84.1 Å². The number of carbonyl (C=O) groups is 1. The molecule has 1 aliphatic carbocycles. The molecule has 0 spiro atoms. The Morgan fingerprint density at radius 1 is 1.12 bits per heavy atom. The summed E-state index contributed by atoms with van der Waals surface area (Å²) in [6, 6.07) is 7.94. The molecule has 1 aromatic carbocycles.